The van der Waals surface area contributed by atoms with Crippen molar-refractivity contribution in [3.05, 3.63) is 17.0 Å². The molecule has 1 fully saturated rings. The molecule has 0 saturated heterocycles. The lowest BCUT2D eigenvalue weighted by Crippen LogP contribution is -2.13. The van der Waals surface area contributed by atoms with Gasteiger partial charge in [-0.1, -0.05) is 12.8 Å². The molecule has 1 heterocycles. The van der Waals surface area contributed by atoms with Crippen molar-refractivity contribution in [2.45, 2.75) is 32.2 Å². The molecule has 2 rings (SSSR count). The first kappa shape index (κ1) is 11.0. The third-order valence-electron chi connectivity index (χ3n) is 2.80. The zero-order chi connectivity index (χ0) is 10.5. The molecule has 0 spiro atoms. The number of methoxy groups -OCH3 is 1. The first-order valence-electron chi connectivity index (χ1n) is 5.72. The maximum atomic E-state index is 5.15. The van der Waals surface area contributed by atoms with E-state index in [9.17, 15) is 0 Å². The van der Waals surface area contributed by atoms with Crippen molar-refractivity contribution in [1.29, 1.82) is 0 Å². The Morgan fingerprint density at radius 3 is 3.00 bits per heavy atom. The first-order chi connectivity index (χ1) is 7.38. The third kappa shape index (κ3) is 3.84. The van der Waals surface area contributed by atoms with Gasteiger partial charge < -0.3 is 10.1 Å². The maximum absolute atomic E-state index is 5.15. The van der Waals surface area contributed by atoms with Gasteiger partial charge in [0, 0.05) is 11.4 Å². The number of rotatable bonds is 7. The number of nitrogens with one attached hydrogen (secondary N) is 1. The molecule has 1 aliphatic carbocycles. The van der Waals surface area contributed by atoms with E-state index in [2.05, 4.69) is 11.4 Å². The van der Waals surface area contributed by atoms with Crippen LogP contribution in [0, 0.1) is 5.92 Å². The normalized spacial score (nSPS) is 15.5. The standard InChI is InChI=1S/C12H19NOS/c1-14-12-7-6-11(15-12)9-13-8-2-3-10-4-5-10/h6-7,10,13H,2-5,8-9H2,1H3. The average molecular weight is 225 g/mol. The molecule has 1 aliphatic rings. The smallest absolute Gasteiger partial charge is 0.173 e. The molecule has 1 aromatic heterocycles. The predicted octanol–water partition coefficient (Wildman–Crippen LogP) is 3.04. The summed E-state index contributed by atoms with van der Waals surface area (Å²) in [6.45, 7) is 2.13. The van der Waals surface area contributed by atoms with E-state index < -0.39 is 0 Å². The lowest BCUT2D eigenvalue weighted by molar-refractivity contribution is 0.427. The number of thiophene rings is 1. The van der Waals surface area contributed by atoms with Crippen LogP contribution in [0.3, 0.4) is 0 Å². The zero-order valence-corrected chi connectivity index (χ0v) is 10.1. The van der Waals surface area contributed by atoms with Crippen molar-refractivity contribution in [3.8, 4) is 5.06 Å². The molecule has 84 valence electrons. The van der Waals surface area contributed by atoms with E-state index in [-0.39, 0.29) is 0 Å². The average Bonchev–Trinajstić information content (AvgIpc) is 2.96. The molecule has 0 aliphatic heterocycles. The van der Waals surface area contributed by atoms with Gasteiger partial charge in [-0.25, -0.2) is 0 Å². The van der Waals surface area contributed by atoms with Gasteiger partial charge in [0.25, 0.3) is 0 Å². The fraction of sp³-hybridized carbons (Fsp3) is 0.667. The van der Waals surface area contributed by atoms with Gasteiger partial charge in [0.2, 0.25) is 0 Å². The molecule has 0 aromatic carbocycles. The van der Waals surface area contributed by atoms with E-state index in [0.717, 1.165) is 24.1 Å². The predicted molar refractivity (Wildman–Crippen MR) is 64.5 cm³/mol. The quantitative estimate of drug-likeness (QED) is 0.720. The van der Waals surface area contributed by atoms with Gasteiger partial charge in [-0.05, 0) is 37.4 Å². The van der Waals surface area contributed by atoms with Gasteiger partial charge in [-0.2, -0.15) is 0 Å². The summed E-state index contributed by atoms with van der Waals surface area (Å²) in [4.78, 5) is 1.36. The summed E-state index contributed by atoms with van der Waals surface area (Å²) >= 11 is 1.72. The van der Waals surface area contributed by atoms with Crippen molar-refractivity contribution < 1.29 is 4.74 Å². The Balaban J connectivity index is 1.56. The van der Waals surface area contributed by atoms with E-state index >= 15 is 0 Å². The zero-order valence-electron chi connectivity index (χ0n) is 9.29. The van der Waals surface area contributed by atoms with Gasteiger partial charge >= 0.3 is 0 Å². The van der Waals surface area contributed by atoms with Crippen molar-refractivity contribution in [2.75, 3.05) is 13.7 Å². The van der Waals surface area contributed by atoms with Crippen LogP contribution >= 0.6 is 11.3 Å². The molecule has 1 aromatic rings. The summed E-state index contributed by atoms with van der Waals surface area (Å²) in [5.74, 6) is 1.06. The van der Waals surface area contributed by atoms with E-state index in [1.807, 2.05) is 6.07 Å². The third-order valence-corrected chi connectivity index (χ3v) is 3.85. The Morgan fingerprint density at radius 1 is 1.47 bits per heavy atom. The highest BCUT2D eigenvalue weighted by Crippen LogP contribution is 2.33. The molecule has 0 radical (unpaired) electrons. The Labute approximate surface area is 95.6 Å². The molecular weight excluding hydrogens is 206 g/mol. The highest BCUT2D eigenvalue weighted by molar-refractivity contribution is 7.13. The SMILES string of the molecule is COc1ccc(CNCCCC2CC2)s1. The minimum absolute atomic E-state index is 0.985. The van der Waals surface area contributed by atoms with E-state index in [0.29, 0.717) is 0 Å². The van der Waals surface area contributed by atoms with Crippen LogP contribution in [0.2, 0.25) is 0 Å². The Bertz CT molecular complexity index is 294. The van der Waals surface area contributed by atoms with Crippen LogP contribution in [0.15, 0.2) is 12.1 Å². The van der Waals surface area contributed by atoms with Gasteiger partial charge in [-0.3, -0.25) is 0 Å². The van der Waals surface area contributed by atoms with Gasteiger partial charge in [0.05, 0.1) is 7.11 Å². The van der Waals surface area contributed by atoms with Gasteiger partial charge in [0.1, 0.15) is 0 Å². The van der Waals surface area contributed by atoms with Crippen LogP contribution < -0.4 is 10.1 Å². The second-order valence-corrected chi connectivity index (χ2v) is 5.32. The summed E-state index contributed by atoms with van der Waals surface area (Å²) in [5.41, 5.74) is 0. The number of ether oxygens (including phenoxy) is 1. The van der Waals surface area contributed by atoms with E-state index in [1.165, 1.54) is 30.6 Å². The minimum Gasteiger partial charge on any atom is -0.487 e. The summed E-state index contributed by atoms with van der Waals surface area (Å²) in [6, 6.07) is 4.17. The second-order valence-electron chi connectivity index (χ2n) is 4.19. The molecular formula is C12H19NOS. The largest absolute Gasteiger partial charge is 0.487 e. The van der Waals surface area contributed by atoms with Crippen LogP contribution in [-0.2, 0) is 6.54 Å². The van der Waals surface area contributed by atoms with Gasteiger partial charge in [-0.15, -0.1) is 11.3 Å². The van der Waals surface area contributed by atoms with Crippen LogP contribution in [0.25, 0.3) is 0 Å². The molecule has 1 saturated carbocycles. The van der Waals surface area contributed by atoms with E-state index in [4.69, 9.17) is 4.74 Å². The monoisotopic (exact) mass is 225 g/mol. The first-order valence-corrected chi connectivity index (χ1v) is 6.53. The molecule has 3 heteroatoms. The second kappa shape index (κ2) is 5.52. The Hall–Kier alpha value is -0.540. The summed E-state index contributed by atoms with van der Waals surface area (Å²) in [6.07, 6.45) is 5.69. The number of hydrogen-bond donors (Lipinski definition) is 1. The van der Waals surface area contributed by atoms with Crippen molar-refractivity contribution in [3.63, 3.8) is 0 Å². The topological polar surface area (TPSA) is 21.3 Å². The highest BCUT2D eigenvalue weighted by atomic mass is 32.1. The van der Waals surface area contributed by atoms with Crippen LogP contribution in [0.5, 0.6) is 5.06 Å². The summed E-state index contributed by atoms with van der Waals surface area (Å²) in [5, 5.41) is 4.48. The van der Waals surface area contributed by atoms with Crippen molar-refractivity contribution in [1.82, 2.24) is 5.32 Å². The lowest BCUT2D eigenvalue weighted by atomic mass is 10.2. The molecule has 0 unspecified atom stereocenters. The van der Waals surface area contributed by atoms with Gasteiger partial charge in [0.15, 0.2) is 5.06 Å². The van der Waals surface area contributed by atoms with Crippen LogP contribution in [0.4, 0.5) is 0 Å². The van der Waals surface area contributed by atoms with E-state index in [1.54, 1.807) is 18.4 Å². The lowest BCUT2D eigenvalue weighted by Gasteiger charge is -2.01. The molecule has 0 bridgehead atoms. The minimum atomic E-state index is 0.985. The maximum Gasteiger partial charge on any atom is 0.173 e. The molecule has 0 amide bonds. The van der Waals surface area contributed by atoms with Crippen LogP contribution in [-0.4, -0.2) is 13.7 Å². The summed E-state index contributed by atoms with van der Waals surface area (Å²) < 4.78 is 5.15. The fourth-order valence-corrected chi connectivity index (χ4v) is 2.48. The van der Waals surface area contributed by atoms with Crippen molar-refractivity contribution in [2.24, 2.45) is 5.92 Å². The number of hydrogen-bond acceptors (Lipinski definition) is 3. The molecule has 0 atom stereocenters. The Kier molecular flexibility index (Phi) is 4.03. The molecule has 2 nitrogen and oxygen atoms in total. The van der Waals surface area contributed by atoms with Crippen molar-refractivity contribution >= 4 is 11.3 Å². The Morgan fingerprint density at radius 2 is 2.33 bits per heavy atom. The molecule has 15 heavy (non-hydrogen) atoms. The summed E-state index contributed by atoms with van der Waals surface area (Å²) in [7, 11) is 1.72. The van der Waals surface area contributed by atoms with Crippen LogP contribution in [0.1, 0.15) is 30.6 Å². The fourth-order valence-electron chi connectivity index (χ4n) is 1.70. The molecule has 1 N–H and O–H groups in total. The highest BCUT2D eigenvalue weighted by Gasteiger charge is 2.19.